The van der Waals surface area contributed by atoms with Crippen molar-refractivity contribution in [2.45, 2.75) is 45.1 Å². The Hall–Kier alpha value is -1.16. The lowest BCUT2D eigenvalue weighted by molar-refractivity contribution is 0.0148. The van der Waals surface area contributed by atoms with Gasteiger partial charge in [-0.1, -0.05) is 18.1 Å². The molecule has 0 spiro atoms. The molecule has 2 nitrogen and oxygen atoms in total. The second-order valence-electron chi connectivity index (χ2n) is 5.33. The van der Waals surface area contributed by atoms with Gasteiger partial charge in [0.25, 0.3) is 5.92 Å². The van der Waals surface area contributed by atoms with Crippen LogP contribution in [0.25, 0.3) is 0 Å². The lowest BCUT2D eigenvalue weighted by Crippen LogP contribution is -2.27. The molecule has 1 saturated heterocycles. The van der Waals surface area contributed by atoms with Crippen LogP contribution >= 0.6 is 0 Å². The Morgan fingerprint density at radius 2 is 2.05 bits per heavy atom. The van der Waals surface area contributed by atoms with Gasteiger partial charge in [-0.2, -0.15) is 0 Å². The van der Waals surface area contributed by atoms with Crippen molar-refractivity contribution in [3.8, 4) is 5.75 Å². The van der Waals surface area contributed by atoms with Gasteiger partial charge in [-0.25, -0.2) is 8.78 Å². The van der Waals surface area contributed by atoms with Gasteiger partial charge in [0.05, 0.1) is 12.7 Å². The van der Waals surface area contributed by atoms with E-state index in [-0.39, 0.29) is 11.6 Å². The van der Waals surface area contributed by atoms with Crippen molar-refractivity contribution >= 4 is 0 Å². The first-order valence-electron chi connectivity index (χ1n) is 6.73. The fourth-order valence-electron chi connectivity index (χ4n) is 2.73. The van der Waals surface area contributed by atoms with Gasteiger partial charge in [0.15, 0.2) is 0 Å². The summed E-state index contributed by atoms with van der Waals surface area (Å²) in [5, 5.41) is 3.39. The first-order valence-corrected chi connectivity index (χ1v) is 6.73. The molecule has 4 heteroatoms. The van der Waals surface area contributed by atoms with Gasteiger partial charge in [0.1, 0.15) is 5.75 Å². The lowest BCUT2D eigenvalue weighted by atomic mass is 9.92. The molecule has 0 aliphatic carbocycles. The summed E-state index contributed by atoms with van der Waals surface area (Å²) in [6.07, 6.45) is 3.22. The summed E-state index contributed by atoms with van der Waals surface area (Å²) in [6.45, 7) is 3.70. The van der Waals surface area contributed by atoms with Crippen LogP contribution in [0.2, 0.25) is 0 Å². The van der Waals surface area contributed by atoms with Gasteiger partial charge in [-0.05, 0) is 32.4 Å². The van der Waals surface area contributed by atoms with E-state index in [9.17, 15) is 8.78 Å². The molecule has 1 heterocycles. The van der Waals surface area contributed by atoms with Gasteiger partial charge in [-0.3, -0.25) is 0 Å². The van der Waals surface area contributed by atoms with Gasteiger partial charge in [0, 0.05) is 18.5 Å². The maximum Gasteiger partial charge on any atom is 0.274 e. The van der Waals surface area contributed by atoms with E-state index in [4.69, 9.17) is 4.74 Å². The van der Waals surface area contributed by atoms with Crippen molar-refractivity contribution in [2.24, 2.45) is 0 Å². The fraction of sp³-hybridized carbons (Fsp3) is 0.600. The standard InChI is InChI=1S/C15H21F2NO/c1-10-8-11(13-6-4-5-7-18-13)14(19-3)12(9-10)15(2,16)17/h8-9,13,18H,4-7H2,1-3H3. The average Bonchev–Trinajstić information content (AvgIpc) is 2.37. The van der Waals surface area contributed by atoms with Crippen LogP contribution in [0.15, 0.2) is 12.1 Å². The minimum Gasteiger partial charge on any atom is -0.496 e. The molecule has 19 heavy (non-hydrogen) atoms. The summed E-state index contributed by atoms with van der Waals surface area (Å²) in [5.74, 6) is -2.56. The van der Waals surface area contributed by atoms with E-state index in [1.165, 1.54) is 13.2 Å². The molecule has 0 bridgehead atoms. The molecule has 1 aliphatic heterocycles. The largest absolute Gasteiger partial charge is 0.496 e. The third kappa shape index (κ3) is 3.06. The maximum absolute atomic E-state index is 13.7. The Kier molecular flexibility index (Phi) is 4.09. The quantitative estimate of drug-likeness (QED) is 0.897. The predicted molar refractivity (Wildman–Crippen MR) is 71.9 cm³/mol. The second-order valence-corrected chi connectivity index (χ2v) is 5.33. The molecule has 1 unspecified atom stereocenters. The average molecular weight is 269 g/mol. The van der Waals surface area contributed by atoms with E-state index in [0.29, 0.717) is 5.75 Å². The van der Waals surface area contributed by atoms with Crippen LogP contribution in [0.4, 0.5) is 8.78 Å². The molecule has 0 amide bonds. The Labute approximate surface area is 113 Å². The van der Waals surface area contributed by atoms with Crippen molar-refractivity contribution in [1.82, 2.24) is 5.32 Å². The molecule has 1 aliphatic rings. The minimum atomic E-state index is -2.89. The summed E-state index contributed by atoms with van der Waals surface area (Å²) in [5.41, 5.74) is 1.69. The van der Waals surface area contributed by atoms with E-state index >= 15 is 0 Å². The van der Waals surface area contributed by atoms with Gasteiger partial charge >= 0.3 is 0 Å². The summed E-state index contributed by atoms with van der Waals surface area (Å²) in [6, 6.07) is 3.59. The minimum absolute atomic E-state index is 0.0163. The van der Waals surface area contributed by atoms with Crippen LogP contribution in [-0.2, 0) is 5.92 Å². The highest BCUT2D eigenvalue weighted by Gasteiger charge is 2.32. The Morgan fingerprint density at radius 1 is 1.32 bits per heavy atom. The smallest absolute Gasteiger partial charge is 0.274 e. The lowest BCUT2D eigenvalue weighted by Gasteiger charge is -2.28. The maximum atomic E-state index is 13.7. The number of ether oxygens (including phenoxy) is 1. The zero-order chi connectivity index (χ0) is 14.0. The van der Waals surface area contributed by atoms with Crippen molar-refractivity contribution in [1.29, 1.82) is 0 Å². The van der Waals surface area contributed by atoms with Crippen molar-refractivity contribution in [3.63, 3.8) is 0 Å². The third-order valence-electron chi connectivity index (χ3n) is 3.62. The molecule has 0 radical (unpaired) electrons. The van der Waals surface area contributed by atoms with Crippen molar-refractivity contribution in [3.05, 3.63) is 28.8 Å². The number of halogens is 2. The van der Waals surface area contributed by atoms with E-state index in [1.54, 1.807) is 0 Å². The summed E-state index contributed by atoms with van der Waals surface area (Å²) in [4.78, 5) is 0. The first kappa shape index (κ1) is 14.3. The van der Waals surface area contributed by atoms with E-state index in [1.807, 2.05) is 13.0 Å². The highest BCUT2D eigenvalue weighted by atomic mass is 19.3. The number of rotatable bonds is 3. The Morgan fingerprint density at radius 3 is 2.58 bits per heavy atom. The zero-order valence-corrected chi connectivity index (χ0v) is 11.7. The first-order chi connectivity index (χ1) is 8.93. The third-order valence-corrected chi connectivity index (χ3v) is 3.62. The SMILES string of the molecule is COc1c(C2CCCCN2)cc(C)cc1C(C)(F)F. The molecule has 1 atom stereocenters. The second kappa shape index (κ2) is 5.45. The molecule has 1 aromatic rings. The number of aryl methyl sites for hydroxylation is 1. The molecule has 1 N–H and O–H groups in total. The summed E-state index contributed by atoms with van der Waals surface area (Å²) >= 11 is 0. The fourth-order valence-corrected chi connectivity index (χ4v) is 2.73. The molecular weight excluding hydrogens is 248 g/mol. The molecular formula is C15H21F2NO. The van der Waals surface area contributed by atoms with Gasteiger partial charge in [-0.15, -0.1) is 0 Å². The van der Waals surface area contributed by atoms with Crippen LogP contribution in [0.5, 0.6) is 5.75 Å². The number of hydrogen-bond acceptors (Lipinski definition) is 2. The molecule has 106 valence electrons. The number of methoxy groups -OCH3 is 1. The van der Waals surface area contributed by atoms with Crippen molar-refractivity contribution < 1.29 is 13.5 Å². The number of alkyl halides is 2. The molecule has 2 rings (SSSR count). The summed E-state index contributed by atoms with van der Waals surface area (Å²) < 4.78 is 32.7. The van der Waals surface area contributed by atoms with Crippen LogP contribution in [0.1, 0.15) is 48.9 Å². The summed E-state index contributed by atoms with van der Waals surface area (Å²) in [7, 11) is 1.46. The van der Waals surface area contributed by atoms with Crippen LogP contribution in [-0.4, -0.2) is 13.7 Å². The predicted octanol–water partition coefficient (Wildman–Crippen LogP) is 3.93. The Balaban J connectivity index is 2.50. The molecule has 1 aromatic carbocycles. The Bertz CT molecular complexity index is 448. The highest BCUT2D eigenvalue weighted by molar-refractivity contribution is 5.48. The van der Waals surface area contributed by atoms with Gasteiger partial charge in [0.2, 0.25) is 0 Å². The number of hydrogen-bond donors (Lipinski definition) is 1. The number of nitrogens with one attached hydrogen (secondary N) is 1. The highest BCUT2D eigenvalue weighted by Crippen LogP contribution is 2.41. The van der Waals surface area contributed by atoms with Crippen LogP contribution in [0, 0.1) is 6.92 Å². The number of benzene rings is 1. The monoisotopic (exact) mass is 269 g/mol. The van der Waals surface area contributed by atoms with E-state index < -0.39 is 5.92 Å². The molecule has 0 saturated carbocycles. The van der Waals surface area contributed by atoms with E-state index in [0.717, 1.165) is 43.9 Å². The van der Waals surface area contributed by atoms with Gasteiger partial charge < -0.3 is 10.1 Å². The molecule has 1 fully saturated rings. The zero-order valence-electron chi connectivity index (χ0n) is 11.7. The van der Waals surface area contributed by atoms with Crippen LogP contribution < -0.4 is 10.1 Å². The van der Waals surface area contributed by atoms with Crippen LogP contribution in [0.3, 0.4) is 0 Å². The van der Waals surface area contributed by atoms with E-state index in [2.05, 4.69) is 5.32 Å². The normalized spacial score (nSPS) is 20.4. The number of piperidine rings is 1. The topological polar surface area (TPSA) is 21.3 Å². The van der Waals surface area contributed by atoms with Crippen molar-refractivity contribution in [2.75, 3.05) is 13.7 Å². The molecule has 0 aromatic heterocycles.